The molecule has 148 valence electrons. The van der Waals surface area contributed by atoms with Crippen LogP contribution in [-0.2, 0) is 14.3 Å². The minimum Gasteiger partial charge on any atom is -0.491 e. The van der Waals surface area contributed by atoms with E-state index in [0.29, 0.717) is 17.9 Å². The van der Waals surface area contributed by atoms with Crippen LogP contribution >= 0.6 is 0 Å². The average Bonchev–Trinajstić information content (AvgIpc) is 3.25. The molecule has 2 atom stereocenters. The van der Waals surface area contributed by atoms with Crippen LogP contribution < -0.4 is 9.64 Å². The molecular weight excluding hydrogens is 358 g/mol. The second-order valence-corrected chi connectivity index (χ2v) is 6.75. The highest BCUT2D eigenvalue weighted by molar-refractivity contribution is 5.98. The highest BCUT2D eigenvalue weighted by Gasteiger charge is 2.23. The number of benzene rings is 2. The van der Waals surface area contributed by atoms with Gasteiger partial charge in [0.15, 0.2) is 6.10 Å². The Morgan fingerprint density at radius 3 is 2.50 bits per heavy atom. The van der Waals surface area contributed by atoms with Crippen molar-refractivity contribution < 1.29 is 23.8 Å². The number of anilines is 1. The lowest BCUT2D eigenvalue weighted by Crippen LogP contribution is -2.37. The van der Waals surface area contributed by atoms with Gasteiger partial charge in [-0.2, -0.15) is 0 Å². The number of para-hydroxylation sites is 1. The van der Waals surface area contributed by atoms with E-state index in [1.54, 1.807) is 38.2 Å². The molecule has 0 unspecified atom stereocenters. The van der Waals surface area contributed by atoms with Crippen LogP contribution in [0.4, 0.5) is 5.69 Å². The first kappa shape index (κ1) is 19.9. The van der Waals surface area contributed by atoms with Crippen molar-refractivity contribution in [2.24, 2.45) is 0 Å². The monoisotopic (exact) mass is 383 g/mol. The van der Waals surface area contributed by atoms with E-state index < -0.39 is 12.1 Å². The lowest BCUT2D eigenvalue weighted by molar-refractivity contribution is -0.126. The molecule has 2 aromatic rings. The first-order valence-corrected chi connectivity index (χ1v) is 9.42. The quantitative estimate of drug-likeness (QED) is 0.685. The topological polar surface area (TPSA) is 65.1 Å². The average molecular weight is 383 g/mol. The molecule has 0 aliphatic carbocycles. The fraction of sp³-hybridized carbons (Fsp3) is 0.364. The molecule has 6 nitrogen and oxygen atoms in total. The lowest BCUT2D eigenvalue weighted by Gasteiger charge is -2.21. The fourth-order valence-corrected chi connectivity index (χ4v) is 2.98. The molecule has 1 amide bonds. The predicted octanol–water partition coefficient (Wildman–Crippen LogP) is 3.45. The molecule has 6 heteroatoms. The van der Waals surface area contributed by atoms with Gasteiger partial charge >= 0.3 is 5.97 Å². The normalized spacial score (nSPS) is 17.0. The van der Waals surface area contributed by atoms with Gasteiger partial charge in [-0.15, -0.1) is 0 Å². The molecular formula is C22H25NO5. The molecule has 1 aliphatic rings. The van der Waals surface area contributed by atoms with E-state index in [9.17, 15) is 9.59 Å². The van der Waals surface area contributed by atoms with Gasteiger partial charge in [0.05, 0.1) is 11.7 Å². The number of esters is 1. The second kappa shape index (κ2) is 9.37. The summed E-state index contributed by atoms with van der Waals surface area (Å²) in [6.45, 7) is 2.86. The smallest absolute Gasteiger partial charge is 0.338 e. The van der Waals surface area contributed by atoms with E-state index >= 15 is 0 Å². The third kappa shape index (κ3) is 5.10. The number of carbonyl (C=O) groups excluding carboxylic acids is 2. The third-order valence-corrected chi connectivity index (χ3v) is 4.66. The van der Waals surface area contributed by atoms with Crippen molar-refractivity contribution in [2.75, 3.05) is 25.2 Å². The van der Waals surface area contributed by atoms with Gasteiger partial charge in [0.1, 0.15) is 12.4 Å². The summed E-state index contributed by atoms with van der Waals surface area (Å²) in [5, 5.41) is 0. The number of hydrogen-bond acceptors (Lipinski definition) is 5. The van der Waals surface area contributed by atoms with E-state index in [0.717, 1.165) is 25.1 Å². The Bertz CT molecular complexity index is 784. The van der Waals surface area contributed by atoms with Gasteiger partial charge in [-0.1, -0.05) is 18.2 Å². The Labute approximate surface area is 165 Å². The lowest BCUT2D eigenvalue weighted by atomic mass is 10.2. The van der Waals surface area contributed by atoms with Crippen LogP contribution in [0, 0.1) is 0 Å². The van der Waals surface area contributed by atoms with Crippen LogP contribution in [0.2, 0.25) is 0 Å². The summed E-state index contributed by atoms with van der Waals surface area (Å²) < 4.78 is 16.5. The van der Waals surface area contributed by atoms with Crippen molar-refractivity contribution in [2.45, 2.75) is 32.0 Å². The first-order chi connectivity index (χ1) is 13.5. The van der Waals surface area contributed by atoms with Crippen molar-refractivity contribution in [1.82, 2.24) is 0 Å². The van der Waals surface area contributed by atoms with Crippen LogP contribution in [-0.4, -0.2) is 44.3 Å². The Morgan fingerprint density at radius 2 is 1.86 bits per heavy atom. The SMILES string of the molecule is C[C@H](OC(=O)c1ccc(OC[C@H]2CCCO2)cc1)C(=O)N(C)c1ccccc1. The predicted molar refractivity (Wildman–Crippen MR) is 106 cm³/mol. The van der Waals surface area contributed by atoms with Gasteiger partial charge in [-0.25, -0.2) is 4.79 Å². The summed E-state index contributed by atoms with van der Waals surface area (Å²) in [5.41, 5.74) is 1.11. The Hall–Kier alpha value is -2.86. The molecule has 0 aromatic heterocycles. The molecule has 28 heavy (non-hydrogen) atoms. The molecule has 3 rings (SSSR count). The molecule has 0 bridgehead atoms. The summed E-state index contributed by atoms with van der Waals surface area (Å²) in [7, 11) is 1.65. The van der Waals surface area contributed by atoms with Gasteiger partial charge in [-0.05, 0) is 56.2 Å². The molecule has 1 aliphatic heterocycles. The zero-order valence-electron chi connectivity index (χ0n) is 16.2. The largest absolute Gasteiger partial charge is 0.491 e. The number of rotatable bonds is 7. The molecule has 1 saturated heterocycles. The van der Waals surface area contributed by atoms with Gasteiger partial charge < -0.3 is 19.1 Å². The molecule has 1 fully saturated rings. The van der Waals surface area contributed by atoms with Crippen LogP contribution in [0.15, 0.2) is 54.6 Å². The summed E-state index contributed by atoms with van der Waals surface area (Å²) >= 11 is 0. The van der Waals surface area contributed by atoms with Gasteiger partial charge in [0.2, 0.25) is 0 Å². The highest BCUT2D eigenvalue weighted by atomic mass is 16.5. The number of ether oxygens (including phenoxy) is 3. The fourth-order valence-electron chi connectivity index (χ4n) is 2.98. The minimum absolute atomic E-state index is 0.137. The van der Waals surface area contributed by atoms with E-state index in [1.165, 1.54) is 4.90 Å². The number of nitrogens with zero attached hydrogens (tertiary/aromatic N) is 1. The van der Waals surface area contributed by atoms with Crippen LogP contribution in [0.5, 0.6) is 5.75 Å². The van der Waals surface area contributed by atoms with Crippen molar-refractivity contribution >= 4 is 17.6 Å². The summed E-state index contributed by atoms with van der Waals surface area (Å²) in [5.74, 6) is -0.177. The summed E-state index contributed by atoms with van der Waals surface area (Å²) in [6, 6.07) is 15.9. The molecule has 0 N–H and O–H groups in total. The van der Waals surface area contributed by atoms with E-state index in [-0.39, 0.29) is 12.0 Å². The molecule has 1 heterocycles. The van der Waals surface area contributed by atoms with Crippen molar-refractivity contribution in [3.63, 3.8) is 0 Å². The zero-order valence-corrected chi connectivity index (χ0v) is 16.2. The van der Waals surface area contributed by atoms with Crippen LogP contribution in [0.1, 0.15) is 30.1 Å². The standard InChI is InChI=1S/C22H25NO5/c1-16(21(24)23(2)18-7-4-3-5-8-18)28-22(25)17-10-12-19(13-11-17)27-15-20-9-6-14-26-20/h3-5,7-8,10-13,16,20H,6,9,14-15H2,1-2H3/t16-,20+/m0/s1. The van der Waals surface area contributed by atoms with Gasteiger partial charge in [-0.3, -0.25) is 4.79 Å². The van der Waals surface area contributed by atoms with Gasteiger partial charge in [0.25, 0.3) is 5.91 Å². The van der Waals surface area contributed by atoms with E-state index in [2.05, 4.69) is 0 Å². The Morgan fingerprint density at radius 1 is 1.14 bits per heavy atom. The zero-order chi connectivity index (χ0) is 19.9. The third-order valence-electron chi connectivity index (χ3n) is 4.66. The maximum absolute atomic E-state index is 12.5. The summed E-state index contributed by atoms with van der Waals surface area (Å²) in [4.78, 5) is 26.3. The molecule has 0 saturated carbocycles. The van der Waals surface area contributed by atoms with E-state index in [4.69, 9.17) is 14.2 Å². The maximum atomic E-state index is 12.5. The number of carbonyl (C=O) groups is 2. The Kier molecular flexibility index (Phi) is 6.66. The first-order valence-electron chi connectivity index (χ1n) is 9.42. The van der Waals surface area contributed by atoms with Crippen molar-refractivity contribution in [3.05, 3.63) is 60.2 Å². The van der Waals surface area contributed by atoms with Crippen LogP contribution in [0.3, 0.4) is 0 Å². The molecule has 0 spiro atoms. The highest BCUT2D eigenvalue weighted by Crippen LogP contribution is 2.18. The van der Waals surface area contributed by atoms with Crippen molar-refractivity contribution in [1.29, 1.82) is 0 Å². The Balaban J connectivity index is 1.52. The van der Waals surface area contributed by atoms with Gasteiger partial charge in [0, 0.05) is 19.3 Å². The molecule has 0 radical (unpaired) electrons. The molecule has 2 aromatic carbocycles. The minimum atomic E-state index is -0.895. The van der Waals surface area contributed by atoms with E-state index in [1.807, 2.05) is 30.3 Å². The maximum Gasteiger partial charge on any atom is 0.338 e. The number of amides is 1. The number of hydrogen-bond donors (Lipinski definition) is 0. The number of likely N-dealkylation sites (N-methyl/N-ethyl adjacent to an activating group) is 1. The second-order valence-electron chi connectivity index (χ2n) is 6.75. The van der Waals surface area contributed by atoms with Crippen LogP contribution in [0.25, 0.3) is 0 Å². The van der Waals surface area contributed by atoms with Crippen molar-refractivity contribution in [3.8, 4) is 5.75 Å². The summed E-state index contributed by atoms with van der Waals surface area (Å²) in [6.07, 6.45) is 1.31.